The van der Waals surface area contributed by atoms with Crippen molar-refractivity contribution in [3.05, 3.63) is 0 Å². The summed E-state index contributed by atoms with van der Waals surface area (Å²) in [6, 6.07) is 0.785. The molecule has 0 aliphatic heterocycles. The van der Waals surface area contributed by atoms with Gasteiger partial charge in [-0.2, -0.15) is 12.6 Å². The molecule has 0 unspecified atom stereocenters. The minimum atomic E-state index is 0.393. The van der Waals surface area contributed by atoms with Gasteiger partial charge in [0.05, 0.1) is 6.54 Å². The van der Waals surface area contributed by atoms with Gasteiger partial charge in [-0.1, -0.05) is 0 Å². The van der Waals surface area contributed by atoms with Crippen molar-refractivity contribution < 1.29 is 0 Å². The highest BCUT2D eigenvalue weighted by Crippen LogP contribution is 1.83. The Bertz CT molecular complexity index is 232. The van der Waals surface area contributed by atoms with E-state index in [9.17, 15) is 0 Å². The largest absolute Gasteiger partial charge is 0.354 e. The van der Waals surface area contributed by atoms with Gasteiger partial charge in [0.15, 0.2) is 5.96 Å². The lowest BCUT2D eigenvalue weighted by Gasteiger charge is -2.17. The predicted molar refractivity (Wildman–Crippen MR) is 93.1 cm³/mol. The molecule has 0 heterocycles. The fourth-order valence-corrected chi connectivity index (χ4v) is 1.72. The molecule has 0 saturated carbocycles. The van der Waals surface area contributed by atoms with Gasteiger partial charge in [-0.15, -0.1) is 0 Å². The van der Waals surface area contributed by atoms with Crippen LogP contribution >= 0.6 is 12.6 Å². The minimum absolute atomic E-state index is 0.393. The maximum absolute atomic E-state index is 4.55. The topological polar surface area (TPSA) is 60.5 Å². The molecule has 6 heteroatoms. The Morgan fingerprint density at radius 3 is 1.95 bits per heavy atom. The summed E-state index contributed by atoms with van der Waals surface area (Å²) in [7, 11) is 0. The molecule has 0 aromatic carbocycles. The lowest BCUT2D eigenvalue weighted by molar-refractivity contribution is 0.608. The molecular weight excluding hydrogens is 270 g/mol. The van der Waals surface area contributed by atoms with Gasteiger partial charge in [-0.25, -0.2) is 0 Å². The van der Waals surface area contributed by atoms with Gasteiger partial charge in [0.25, 0.3) is 0 Å². The van der Waals surface area contributed by atoms with Crippen molar-refractivity contribution in [1.82, 2.24) is 21.3 Å². The van der Waals surface area contributed by atoms with Crippen LogP contribution in [-0.2, 0) is 0 Å². The van der Waals surface area contributed by atoms with Gasteiger partial charge in [0, 0.05) is 31.7 Å². The molecule has 0 atom stereocenters. The fourth-order valence-electron chi connectivity index (χ4n) is 1.56. The van der Waals surface area contributed by atoms with Crippen molar-refractivity contribution in [2.24, 2.45) is 4.99 Å². The average Bonchev–Trinajstić information content (AvgIpc) is 2.35. The summed E-state index contributed by atoms with van der Waals surface area (Å²) in [6.07, 6.45) is 1.12. The number of nitrogens with zero attached hydrogens (tertiary/aromatic N) is 1. The van der Waals surface area contributed by atoms with E-state index in [0.717, 1.165) is 50.9 Å². The first-order valence-electron chi connectivity index (χ1n) is 7.66. The van der Waals surface area contributed by atoms with Crippen molar-refractivity contribution in [3.63, 3.8) is 0 Å². The second kappa shape index (κ2) is 13.5. The van der Waals surface area contributed by atoms with Crippen LogP contribution in [0.2, 0.25) is 0 Å². The molecule has 120 valence electrons. The van der Waals surface area contributed by atoms with Crippen LogP contribution in [0.15, 0.2) is 4.99 Å². The van der Waals surface area contributed by atoms with Gasteiger partial charge in [-0.3, -0.25) is 4.99 Å². The van der Waals surface area contributed by atoms with Crippen molar-refractivity contribution in [1.29, 1.82) is 0 Å². The summed E-state index contributed by atoms with van der Waals surface area (Å²) in [5, 5.41) is 13.4. The van der Waals surface area contributed by atoms with Crippen LogP contribution in [0.25, 0.3) is 0 Å². The molecule has 0 spiro atoms. The van der Waals surface area contributed by atoms with Crippen LogP contribution in [0.1, 0.15) is 34.1 Å². The Balaban J connectivity index is 3.66. The Morgan fingerprint density at radius 2 is 1.45 bits per heavy atom. The number of hydrogen-bond donors (Lipinski definition) is 5. The molecule has 20 heavy (non-hydrogen) atoms. The number of aliphatic imine (C=N–C) groups is 1. The summed E-state index contributed by atoms with van der Waals surface area (Å²) in [5.41, 5.74) is 0. The standard InChI is InChI=1S/C14H33N5S/c1-12(2)18-14(19-13(3)4)17-10-9-16-8-7-15-6-5-11-20/h12-13,15-16,20H,5-11H2,1-4H3,(H2,17,18,19). The average molecular weight is 304 g/mol. The van der Waals surface area contributed by atoms with E-state index in [1.54, 1.807) is 0 Å². The van der Waals surface area contributed by atoms with Crippen LogP contribution < -0.4 is 21.3 Å². The highest BCUT2D eigenvalue weighted by Gasteiger charge is 2.02. The van der Waals surface area contributed by atoms with Crippen LogP contribution in [0.5, 0.6) is 0 Å². The third kappa shape index (κ3) is 14.0. The molecule has 0 aliphatic rings. The third-order valence-corrected chi connectivity index (χ3v) is 2.72. The van der Waals surface area contributed by atoms with Crippen LogP contribution in [0, 0.1) is 0 Å². The number of rotatable bonds is 11. The SMILES string of the molecule is CC(C)NC(=NCCNCCNCCCS)NC(C)C. The predicted octanol–water partition coefficient (Wildman–Crippen LogP) is 0.838. The van der Waals surface area contributed by atoms with E-state index in [2.05, 4.69) is 66.6 Å². The number of guanidine groups is 1. The van der Waals surface area contributed by atoms with Crippen LogP contribution in [0.3, 0.4) is 0 Å². The molecule has 0 aromatic rings. The number of thiol groups is 1. The minimum Gasteiger partial charge on any atom is -0.354 e. The lowest BCUT2D eigenvalue weighted by Crippen LogP contribution is -2.44. The summed E-state index contributed by atoms with van der Waals surface area (Å²) < 4.78 is 0. The first-order valence-corrected chi connectivity index (χ1v) is 8.29. The molecule has 0 radical (unpaired) electrons. The Morgan fingerprint density at radius 1 is 0.900 bits per heavy atom. The maximum Gasteiger partial charge on any atom is 0.191 e. The zero-order valence-corrected chi connectivity index (χ0v) is 14.4. The molecule has 0 aromatic heterocycles. The van der Waals surface area contributed by atoms with E-state index >= 15 is 0 Å². The summed E-state index contributed by atoms with van der Waals surface area (Å²) in [5.74, 6) is 1.84. The molecule has 5 nitrogen and oxygen atoms in total. The van der Waals surface area contributed by atoms with Crippen molar-refractivity contribution in [2.75, 3.05) is 38.5 Å². The molecule has 0 saturated heterocycles. The van der Waals surface area contributed by atoms with E-state index in [4.69, 9.17) is 0 Å². The lowest BCUT2D eigenvalue weighted by atomic mass is 10.4. The maximum atomic E-state index is 4.55. The zero-order valence-electron chi connectivity index (χ0n) is 13.5. The number of nitrogens with one attached hydrogen (secondary N) is 4. The van der Waals surface area contributed by atoms with Gasteiger partial charge in [-0.05, 0) is 46.4 Å². The Kier molecular flexibility index (Phi) is 13.2. The molecule has 0 amide bonds. The summed E-state index contributed by atoms with van der Waals surface area (Å²) in [4.78, 5) is 4.55. The Hall–Kier alpha value is -0.460. The fraction of sp³-hybridized carbons (Fsp3) is 0.929. The summed E-state index contributed by atoms with van der Waals surface area (Å²) >= 11 is 4.18. The second-order valence-electron chi connectivity index (χ2n) is 5.41. The molecule has 0 rings (SSSR count). The van der Waals surface area contributed by atoms with Crippen molar-refractivity contribution in [3.8, 4) is 0 Å². The molecule has 0 fully saturated rings. The third-order valence-electron chi connectivity index (χ3n) is 2.40. The van der Waals surface area contributed by atoms with Crippen LogP contribution in [-0.4, -0.2) is 56.5 Å². The van der Waals surface area contributed by atoms with E-state index < -0.39 is 0 Å². The number of hydrogen-bond acceptors (Lipinski definition) is 4. The Labute approximate surface area is 130 Å². The summed E-state index contributed by atoms with van der Waals surface area (Å²) in [6.45, 7) is 13.2. The molecule has 4 N–H and O–H groups in total. The van der Waals surface area contributed by atoms with Gasteiger partial charge < -0.3 is 21.3 Å². The van der Waals surface area contributed by atoms with Crippen LogP contribution in [0.4, 0.5) is 0 Å². The van der Waals surface area contributed by atoms with Gasteiger partial charge >= 0.3 is 0 Å². The monoisotopic (exact) mass is 303 g/mol. The quantitative estimate of drug-likeness (QED) is 0.170. The second-order valence-corrected chi connectivity index (χ2v) is 5.85. The zero-order chi connectivity index (χ0) is 15.2. The normalized spacial score (nSPS) is 10.9. The van der Waals surface area contributed by atoms with Gasteiger partial charge in [0.2, 0.25) is 0 Å². The van der Waals surface area contributed by atoms with Crippen molar-refractivity contribution in [2.45, 2.75) is 46.2 Å². The molecule has 0 aliphatic carbocycles. The van der Waals surface area contributed by atoms with E-state index in [1.165, 1.54) is 0 Å². The van der Waals surface area contributed by atoms with E-state index in [-0.39, 0.29) is 0 Å². The molecular formula is C14H33N5S. The van der Waals surface area contributed by atoms with E-state index in [1.807, 2.05) is 0 Å². The first kappa shape index (κ1) is 19.5. The van der Waals surface area contributed by atoms with Gasteiger partial charge in [0.1, 0.15) is 0 Å². The molecule has 0 bridgehead atoms. The first-order chi connectivity index (χ1) is 9.56. The highest BCUT2D eigenvalue weighted by atomic mass is 32.1. The highest BCUT2D eigenvalue weighted by molar-refractivity contribution is 7.80. The smallest absolute Gasteiger partial charge is 0.191 e. The van der Waals surface area contributed by atoms with E-state index in [0.29, 0.717) is 12.1 Å². The van der Waals surface area contributed by atoms with Crippen molar-refractivity contribution >= 4 is 18.6 Å².